The lowest BCUT2D eigenvalue weighted by atomic mass is 10.0. The molecule has 2 aromatic carbocycles. The summed E-state index contributed by atoms with van der Waals surface area (Å²) in [5.41, 5.74) is 1.27. The van der Waals surface area contributed by atoms with Crippen molar-refractivity contribution in [3.63, 3.8) is 0 Å². The van der Waals surface area contributed by atoms with E-state index in [2.05, 4.69) is 15.1 Å². The summed E-state index contributed by atoms with van der Waals surface area (Å²) in [4.78, 5) is 21.1. The molecule has 194 valence electrons. The lowest BCUT2D eigenvalue weighted by molar-refractivity contribution is -0.155. The summed E-state index contributed by atoms with van der Waals surface area (Å²) in [5.74, 6) is 0.0237. The summed E-state index contributed by atoms with van der Waals surface area (Å²) >= 11 is 6.09. The minimum Gasteiger partial charge on any atom is -0.483 e. The van der Waals surface area contributed by atoms with Crippen LogP contribution in [-0.4, -0.2) is 39.5 Å². The number of esters is 1. The smallest absolute Gasteiger partial charge is 0.422 e. The first-order valence-electron chi connectivity index (χ1n) is 11.3. The largest absolute Gasteiger partial charge is 0.483 e. The lowest BCUT2D eigenvalue weighted by Gasteiger charge is -2.19. The van der Waals surface area contributed by atoms with Gasteiger partial charge in [0.2, 0.25) is 5.82 Å². The Bertz CT molecular complexity index is 1430. The number of carbonyl (C=O) groups excluding carboxylic acids is 1. The third-order valence-electron chi connectivity index (χ3n) is 5.11. The summed E-state index contributed by atoms with van der Waals surface area (Å²) in [6.45, 7) is 4.00. The zero-order chi connectivity index (χ0) is 26.8. The first-order valence-corrected chi connectivity index (χ1v) is 11.7. The molecule has 0 atom stereocenters. The fraction of sp³-hybridized carbons (Fsp3) is 0.308. The van der Waals surface area contributed by atoms with E-state index < -0.39 is 18.4 Å². The number of halogens is 4. The normalized spacial score (nSPS) is 12.1. The van der Waals surface area contributed by atoms with Crippen molar-refractivity contribution in [2.45, 2.75) is 45.4 Å². The second-order valence-corrected chi connectivity index (χ2v) is 9.62. The number of aryl methyl sites for hydroxylation is 1. The van der Waals surface area contributed by atoms with Crippen LogP contribution in [0.5, 0.6) is 5.75 Å². The highest BCUT2D eigenvalue weighted by Crippen LogP contribution is 2.33. The maximum absolute atomic E-state index is 12.4. The highest BCUT2D eigenvalue weighted by Gasteiger charge is 2.29. The Kier molecular flexibility index (Phi) is 7.40. The molecule has 0 aliphatic heterocycles. The molecule has 0 N–H and O–H groups in total. The maximum atomic E-state index is 12.4. The van der Waals surface area contributed by atoms with Gasteiger partial charge in [0.15, 0.2) is 6.61 Å². The number of fused-ring (bicyclic) bond motifs is 1. The zero-order valence-corrected chi connectivity index (χ0v) is 21.0. The Labute approximate surface area is 215 Å². The highest BCUT2D eigenvalue weighted by molar-refractivity contribution is 6.32. The monoisotopic (exact) mass is 533 g/mol. The minimum absolute atomic E-state index is 0.0210. The van der Waals surface area contributed by atoms with Gasteiger partial charge in [0, 0.05) is 34.8 Å². The number of aromatic nitrogens is 3. The summed E-state index contributed by atoms with van der Waals surface area (Å²) in [7, 11) is 0. The standard InChI is InChI=1S/C26H23ClF3N3O4/c1-25(2,3)36-22(34)10-8-20-17-5-4-6-18(16(17)11-12-31-20)23-32-24(37-33-23)15-7-9-21(19(27)13-15)35-14-26(28,29)30/h4-7,9,11-13H,8,10,14H2,1-3H3. The summed E-state index contributed by atoms with van der Waals surface area (Å²) in [6, 6.07) is 11.6. The molecular formula is C26H23ClF3N3O4. The quantitative estimate of drug-likeness (QED) is 0.241. The van der Waals surface area contributed by atoms with E-state index in [0.29, 0.717) is 23.4 Å². The molecule has 4 rings (SSSR count). The third kappa shape index (κ3) is 6.76. The molecule has 11 heteroatoms. The Morgan fingerprint density at radius 1 is 1.08 bits per heavy atom. The van der Waals surface area contributed by atoms with Crippen LogP contribution >= 0.6 is 11.6 Å². The number of carbonyl (C=O) groups is 1. The Morgan fingerprint density at radius 2 is 1.86 bits per heavy atom. The molecule has 2 heterocycles. The van der Waals surface area contributed by atoms with Gasteiger partial charge in [-0.3, -0.25) is 9.78 Å². The van der Waals surface area contributed by atoms with Crippen molar-refractivity contribution in [2.24, 2.45) is 0 Å². The molecule has 0 aliphatic rings. The van der Waals surface area contributed by atoms with Crippen molar-refractivity contribution in [3.8, 4) is 28.6 Å². The second kappa shape index (κ2) is 10.4. The first-order chi connectivity index (χ1) is 17.4. The van der Waals surface area contributed by atoms with Crippen LogP contribution in [0.25, 0.3) is 33.6 Å². The van der Waals surface area contributed by atoms with Crippen molar-refractivity contribution < 1.29 is 32.0 Å². The molecule has 0 radical (unpaired) electrons. The number of ether oxygens (including phenoxy) is 2. The van der Waals surface area contributed by atoms with E-state index in [4.69, 9.17) is 25.6 Å². The molecule has 0 fully saturated rings. The van der Waals surface area contributed by atoms with E-state index >= 15 is 0 Å². The SMILES string of the molecule is CC(C)(C)OC(=O)CCc1nccc2c(-c3noc(-c4ccc(OCC(F)(F)F)c(Cl)c4)n3)cccc12. The van der Waals surface area contributed by atoms with E-state index in [9.17, 15) is 18.0 Å². The van der Waals surface area contributed by atoms with Crippen LogP contribution in [-0.2, 0) is 16.0 Å². The van der Waals surface area contributed by atoms with Gasteiger partial charge < -0.3 is 14.0 Å². The van der Waals surface area contributed by atoms with Crippen molar-refractivity contribution in [3.05, 3.63) is 59.4 Å². The van der Waals surface area contributed by atoms with Crippen LogP contribution < -0.4 is 4.74 Å². The van der Waals surface area contributed by atoms with Gasteiger partial charge in [-0.2, -0.15) is 18.2 Å². The second-order valence-electron chi connectivity index (χ2n) is 9.22. The van der Waals surface area contributed by atoms with Crippen LogP contribution in [0, 0.1) is 0 Å². The van der Waals surface area contributed by atoms with Gasteiger partial charge in [-0.15, -0.1) is 0 Å². The number of alkyl halides is 3. The van der Waals surface area contributed by atoms with E-state index in [-0.39, 0.29) is 29.1 Å². The maximum Gasteiger partial charge on any atom is 0.422 e. The van der Waals surface area contributed by atoms with Crippen LogP contribution in [0.2, 0.25) is 5.02 Å². The molecule has 2 aromatic heterocycles. The van der Waals surface area contributed by atoms with Crippen LogP contribution in [0.15, 0.2) is 53.2 Å². The van der Waals surface area contributed by atoms with Crippen LogP contribution in [0.4, 0.5) is 13.2 Å². The van der Waals surface area contributed by atoms with Gasteiger partial charge in [0.1, 0.15) is 11.4 Å². The average molecular weight is 534 g/mol. The molecule has 0 amide bonds. The molecule has 7 nitrogen and oxygen atoms in total. The van der Waals surface area contributed by atoms with Gasteiger partial charge >= 0.3 is 12.1 Å². The van der Waals surface area contributed by atoms with Gasteiger partial charge in [0.05, 0.1) is 11.4 Å². The average Bonchev–Trinajstić information content (AvgIpc) is 3.30. The molecule has 37 heavy (non-hydrogen) atoms. The van der Waals surface area contributed by atoms with E-state index in [1.807, 2.05) is 45.0 Å². The summed E-state index contributed by atoms with van der Waals surface area (Å²) < 4.78 is 52.8. The Morgan fingerprint density at radius 3 is 2.57 bits per heavy atom. The molecule has 0 saturated carbocycles. The fourth-order valence-electron chi connectivity index (χ4n) is 3.64. The zero-order valence-electron chi connectivity index (χ0n) is 20.2. The summed E-state index contributed by atoms with van der Waals surface area (Å²) in [6.07, 6.45) is -2.25. The molecule has 4 aromatic rings. The predicted octanol–water partition coefficient (Wildman–Crippen LogP) is 6.82. The predicted molar refractivity (Wildman–Crippen MR) is 131 cm³/mol. The highest BCUT2D eigenvalue weighted by atomic mass is 35.5. The van der Waals surface area contributed by atoms with Crippen molar-refractivity contribution in [1.29, 1.82) is 0 Å². The van der Waals surface area contributed by atoms with Crippen molar-refractivity contribution >= 4 is 28.3 Å². The molecule has 0 unspecified atom stereocenters. The van der Waals surface area contributed by atoms with Gasteiger partial charge in [-0.25, -0.2) is 0 Å². The first kappa shape index (κ1) is 26.4. The minimum atomic E-state index is -4.48. The Hall–Kier alpha value is -3.66. The van der Waals surface area contributed by atoms with E-state index in [0.717, 1.165) is 16.5 Å². The number of hydrogen-bond acceptors (Lipinski definition) is 7. The molecule has 0 aliphatic carbocycles. The van der Waals surface area contributed by atoms with Gasteiger partial charge in [-0.1, -0.05) is 35.0 Å². The Balaban J connectivity index is 1.57. The number of nitrogens with zero attached hydrogens (tertiary/aromatic N) is 3. The van der Waals surface area contributed by atoms with Gasteiger partial charge in [0.25, 0.3) is 5.89 Å². The van der Waals surface area contributed by atoms with Gasteiger partial charge in [-0.05, 0) is 50.4 Å². The molecule has 0 spiro atoms. The molecule has 0 saturated heterocycles. The number of hydrogen-bond donors (Lipinski definition) is 0. The summed E-state index contributed by atoms with van der Waals surface area (Å²) in [5, 5.41) is 5.71. The van der Waals surface area contributed by atoms with Crippen LogP contribution in [0.1, 0.15) is 32.9 Å². The number of rotatable bonds is 7. The van der Waals surface area contributed by atoms with E-state index in [1.165, 1.54) is 18.2 Å². The fourth-order valence-corrected chi connectivity index (χ4v) is 3.87. The molecular weight excluding hydrogens is 511 g/mol. The van der Waals surface area contributed by atoms with Crippen molar-refractivity contribution in [2.75, 3.05) is 6.61 Å². The lowest BCUT2D eigenvalue weighted by Crippen LogP contribution is -2.24. The third-order valence-corrected chi connectivity index (χ3v) is 5.41. The van der Waals surface area contributed by atoms with Crippen LogP contribution in [0.3, 0.4) is 0 Å². The topological polar surface area (TPSA) is 87.3 Å². The number of benzene rings is 2. The molecule has 0 bridgehead atoms. The van der Waals surface area contributed by atoms with E-state index in [1.54, 1.807) is 6.20 Å². The number of pyridine rings is 1. The van der Waals surface area contributed by atoms with Crippen molar-refractivity contribution in [1.82, 2.24) is 15.1 Å².